The van der Waals surface area contributed by atoms with Crippen molar-refractivity contribution in [1.29, 1.82) is 0 Å². The van der Waals surface area contributed by atoms with E-state index in [2.05, 4.69) is 42.7 Å². The van der Waals surface area contributed by atoms with Crippen LogP contribution in [0.15, 0.2) is 24.3 Å². The summed E-state index contributed by atoms with van der Waals surface area (Å²) in [6.07, 6.45) is 36.8. The number of hydrogen-bond acceptors (Lipinski definition) is 9. The van der Waals surface area contributed by atoms with Gasteiger partial charge in [0.05, 0.1) is 13.2 Å². The predicted octanol–water partition coefficient (Wildman–Crippen LogP) is 10.7. The Labute approximate surface area is 321 Å². The van der Waals surface area contributed by atoms with Crippen molar-refractivity contribution in [2.24, 2.45) is 5.73 Å². The summed E-state index contributed by atoms with van der Waals surface area (Å²) in [5, 5.41) is 8.86. The average Bonchev–Trinajstić information content (AvgIpc) is 3.13. The third kappa shape index (κ3) is 36.7. The summed E-state index contributed by atoms with van der Waals surface area (Å²) in [7, 11) is -4.71. The van der Waals surface area contributed by atoms with E-state index < -0.39 is 51.1 Å². The van der Waals surface area contributed by atoms with Crippen LogP contribution in [0, 0.1) is 0 Å². The number of hydrogen-bond donors (Lipinski definition) is 3. The number of unbranched alkanes of at least 4 members (excludes halogenated alkanes) is 21. The fourth-order valence-electron chi connectivity index (χ4n) is 5.62. The molecule has 53 heavy (non-hydrogen) atoms. The first-order valence-electron chi connectivity index (χ1n) is 20.9. The Kier molecular flexibility index (Phi) is 35.5. The van der Waals surface area contributed by atoms with Gasteiger partial charge >= 0.3 is 25.7 Å². The van der Waals surface area contributed by atoms with Gasteiger partial charge in [0.15, 0.2) is 6.10 Å². The summed E-state index contributed by atoms with van der Waals surface area (Å²) in [4.78, 5) is 45.8. The van der Waals surface area contributed by atoms with E-state index in [1.807, 2.05) is 0 Å². The van der Waals surface area contributed by atoms with Crippen molar-refractivity contribution >= 4 is 25.7 Å². The molecule has 0 saturated carbocycles. The molecule has 0 bridgehead atoms. The molecule has 3 atom stereocenters. The van der Waals surface area contributed by atoms with E-state index in [-0.39, 0.29) is 19.4 Å². The number of ether oxygens (including phenoxy) is 2. The van der Waals surface area contributed by atoms with E-state index in [0.29, 0.717) is 12.8 Å². The van der Waals surface area contributed by atoms with Crippen molar-refractivity contribution in [3.63, 3.8) is 0 Å². The van der Waals surface area contributed by atoms with Crippen LogP contribution in [0.5, 0.6) is 0 Å². The van der Waals surface area contributed by atoms with Crippen LogP contribution in [-0.4, -0.2) is 59.9 Å². The minimum atomic E-state index is -4.71. The number of nitrogens with two attached hydrogens (primary N) is 1. The Bertz CT molecular complexity index is 1010. The molecule has 0 heterocycles. The molecule has 0 aliphatic heterocycles. The normalized spacial score (nSPS) is 14.0. The highest BCUT2D eigenvalue weighted by Crippen LogP contribution is 2.43. The number of carbonyl (C=O) groups is 3. The summed E-state index contributed by atoms with van der Waals surface area (Å²) in [5.74, 6) is -2.38. The number of aliphatic carboxylic acids is 1. The quantitative estimate of drug-likeness (QED) is 0.0235. The fourth-order valence-corrected chi connectivity index (χ4v) is 6.40. The second-order valence-electron chi connectivity index (χ2n) is 14.1. The van der Waals surface area contributed by atoms with Crippen LogP contribution in [0.2, 0.25) is 0 Å². The van der Waals surface area contributed by atoms with Crippen molar-refractivity contribution in [3.8, 4) is 0 Å². The Morgan fingerprint density at radius 3 is 1.51 bits per heavy atom. The van der Waals surface area contributed by atoms with Gasteiger partial charge in [-0.15, -0.1) is 0 Å². The van der Waals surface area contributed by atoms with Gasteiger partial charge < -0.3 is 25.2 Å². The van der Waals surface area contributed by atoms with Crippen molar-refractivity contribution in [3.05, 3.63) is 24.3 Å². The molecule has 0 aromatic carbocycles. The first kappa shape index (κ1) is 51.0. The first-order valence-corrected chi connectivity index (χ1v) is 22.4. The summed E-state index contributed by atoms with van der Waals surface area (Å²) in [6, 6.07) is -1.52. The second-order valence-corrected chi connectivity index (χ2v) is 15.6. The molecule has 0 aliphatic carbocycles. The van der Waals surface area contributed by atoms with Gasteiger partial charge in [-0.1, -0.05) is 154 Å². The van der Waals surface area contributed by atoms with Gasteiger partial charge in [-0.2, -0.15) is 0 Å². The van der Waals surface area contributed by atoms with E-state index in [0.717, 1.165) is 51.4 Å². The zero-order valence-electron chi connectivity index (χ0n) is 33.4. The maximum absolute atomic E-state index is 12.5. The molecule has 11 nitrogen and oxygen atoms in total. The van der Waals surface area contributed by atoms with Crippen molar-refractivity contribution in [2.45, 2.75) is 199 Å². The molecule has 0 aromatic rings. The van der Waals surface area contributed by atoms with Gasteiger partial charge in [0, 0.05) is 12.8 Å². The Hall–Kier alpha value is -2.04. The minimum absolute atomic E-state index is 0.163. The number of rotatable bonds is 39. The third-order valence-corrected chi connectivity index (χ3v) is 9.90. The summed E-state index contributed by atoms with van der Waals surface area (Å²) in [6.45, 7) is 2.75. The Morgan fingerprint density at radius 2 is 1.00 bits per heavy atom. The molecule has 0 radical (unpaired) electrons. The molecule has 0 aromatic heterocycles. The van der Waals surface area contributed by atoms with Crippen LogP contribution >= 0.6 is 7.82 Å². The highest BCUT2D eigenvalue weighted by atomic mass is 31.2. The van der Waals surface area contributed by atoms with Crippen LogP contribution in [0.25, 0.3) is 0 Å². The standard InChI is InChI=1S/C41H76NO10P/c1-3-5-7-9-11-13-15-16-17-18-19-20-21-22-23-25-26-28-30-32-39(43)49-34-37(35-50-53(47,48)51-36-38(42)41(45)46)52-40(44)33-31-29-27-24-14-12-10-8-6-4-2/h11,13,16-17,37-38H,3-10,12,14-15,18-36,42H2,1-2H3,(H,45,46)(H,47,48)/b13-11-,17-16-/t37-,38+/m1/s1. The lowest BCUT2D eigenvalue weighted by atomic mass is 10.1. The molecular weight excluding hydrogens is 697 g/mol. The molecule has 0 aliphatic rings. The number of carbonyl (C=O) groups excluding carboxylic acids is 2. The molecule has 0 rings (SSSR count). The summed E-state index contributed by atoms with van der Waals surface area (Å²) in [5.41, 5.74) is 5.32. The molecule has 0 fully saturated rings. The fraction of sp³-hybridized carbons (Fsp3) is 0.829. The van der Waals surface area contributed by atoms with E-state index in [1.165, 1.54) is 96.3 Å². The topological polar surface area (TPSA) is 172 Å². The number of phosphoric acid groups is 1. The van der Waals surface area contributed by atoms with Gasteiger partial charge in [-0.05, 0) is 44.9 Å². The first-order chi connectivity index (χ1) is 25.6. The molecule has 12 heteroatoms. The molecule has 0 saturated heterocycles. The molecule has 310 valence electrons. The molecule has 0 amide bonds. The van der Waals surface area contributed by atoms with Crippen LogP contribution in [0.1, 0.15) is 187 Å². The molecule has 4 N–H and O–H groups in total. The molecule has 0 spiro atoms. The van der Waals surface area contributed by atoms with E-state index in [1.54, 1.807) is 0 Å². The second kappa shape index (κ2) is 36.9. The lowest BCUT2D eigenvalue weighted by Crippen LogP contribution is -2.34. The van der Waals surface area contributed by atoms with Crippen molar-refractivity contribution in [2.75, 3.05) is 19.8 Å². The number of carboxylic acid groups (broad SMARTS) is 1. The van der Waals surface area contributed by atoms with Crippen LogP contribution in [0.3, 0.4) is 0 Å². The summed E-state index contributed by atoms with van der Waals surface area (Å²) >= 11 is 0. The van der Waals surface area contributed by atoms with E-state index in [4.69, 9.17) is 24.8 Å². The average molecular weight is 774 g/mol. The SMILES string of the molecule is CCCCC/C=C\C/C=C\CCCCCCCCCCCC(=O)OC[C@H](COP(=O)(O)OC[C@H](N)C(=O)O)OC(=O)CCCCCCCCCCCC. The zero-order chi connectivity index (χ0) is 39.3. The van der Waals surface area contributed by atoms with Crippen molar-refractivity contribution in [1.82, 2.24) is 0 Å². The lowest BCUT2D eigenvalue weighted by Gasteiger charge is -2.20. The van der Waals surface area contributed by atoms with Gasteiger partial charge in [0.2, 0.25) is 0 Å². The number of phosphoric ester groups is 1. The number of carboxylic acids is 1. The smallest absolute Gasteiger partial charge is 0.472 e. The van der Waals surface area contributed by atoms with Gasteiger partial charge in [0.1, 0.15) is 12.6 Å². The van der Waals surface area contributed by atoms with Gasteiger partial charge in [-0.25, -0.2) is 4.57 Å². The highest BCUT2D eigenvalue weighted by molar-refractivity contribution is 7.47. The number of allylic oxidation sites excluding steroid dienone is 4. The van der Waals surface area contributed by atoms with Crippen molar-refractivity contribution < 1.29 is 47.5 Å². The lowest BCUT2D eigenvalue weighted by molar-refractivity contribution is -0.161. The van der Waals surface area contributed by atoms with E-state index in [9.17, 15) is 23.8 Å². The van der Waals surface area contributed by atoms with Crippen LogP contribution < -0.4 is 5.73 Å². The van der Waals surface area contributed by atoms with Gasteiger partial charge in [-0.3, -0.25) is 23.4 Å². The Balaban J connectivity index is 4.30. The largest absolute Gasteiger partial charge is 0.480 e. The van der Waals surface area contributed by atoms with E-state index >= 15 is 0 Å². The maximum atomic E-state index is 12.5. The third-order valence-electron chi connectivity index (χ3n) is 8.95. The minimum Gasteiger partial charge on any atom is -0.480 e. The number of esters is 2. The predicted molar refractivity (Wildman–Crippen MR) is 212 cm³/mol. The highest BCUT2D eigenvalue weighted by Gasteiger charge is 2.28. The van der Waals surface area contributed by atoms with Gasteiger partial charge in [0.25, 0.3) is 0 Å². The molecule has 1 unspecified atom stereocenters. The maximum Gasteiger partial charge on any atom is 0.472 e. The van der Waals surface area contributed by atoms with Crippen LogP contribution in [-0.2, 0) is 37.5 Å². The molecular formula is C41H76NO10P. The monoisotopic (exact) mass is 774 g/mol. The Morgan fingerprint density at radius 1 is 0.585 bits per heavy atom. The summed E-state index contributed by atoms with van der Waals surface area (Å²) < 4.78 is 32.6. The van der Waals surface area contributed by atoms with Crippen LogP contribution in [0.4, 0.5) is 0 Å². The zero-order valence-corrected chi connectivity index (χ0v) is 34.3.